The summed E-state index contributed by atoms with van der Waals surface area (Å²) in [7, 11) is 1.64. The van der Waals surface area contributed by atoms with E-state index in [4.69, 9.17) is 18.6 Å². The largest absolute Gasteiger partial charge is 0.497 e. The van der Waals surface area contributed by atoms with Crippen molar-refractivity contribution in [3.63, 3.8) is 0 Å². The van der Waals surface area contributed by atoms with E-state index in [1.54, 1.807) is 18.1 Å². The highest BCUT2D eigenvalue weighted by atomic mass is 16.6. The zero-order chi connectivity index (χ0) is 25.9. The first-order valence-electron chi connectivity index (χ1n) is 12.3. The second kappa shape index (κ2) is 10.4. The normalized spacial score (nSPS) is 13.5. The highest BCUT2D eigenvalue weighted by molar-refractivity contribution is 5.83. The number of nitrogens with one attached hydrogen (secondary N) is 2. The predicted octanol–water partition coefficient (Wildman–Crippen LogP) is 1.72. The molecule has 194 valence electrons. The van der Waals surface area contributed by atoms with E-state index in [0.29, 0.717) is 67.8 Å². The smallest absolute Gasteiger partial charge is 0.257 e. The summed E-state index contributed by atoms with van der Waals surface area (Å²) in [5.74, 6) is 3.63. The van der Waals surface area contributed by atoms with Gasteiger partial charge in [-0.2, -0.15) is 0 Å². The third-order valence-electron chi connectivity index (χ3n) is 6.53. The number of rotatable bonds is 9. The Morgan fingerprint density at radius 2 is 1.84 bits per heavy atom. The summed E-state index contributed by atoms with van der Waals surface area (Å²) < 4.78 is 24.0. The maximum absolute atomic E-state index is 13.1. The number of quaternary nitrogens is 1. The lowest BCUT2D eigenvalue weighted by atomic mass is 10.1. The number of benzene rings is 2. The number of methoxy groups -OCH3 is 1. The van der Waals surface area contributed by atoms with Gasteiger partial charge >= 0.3 is 0 Å². The van der Waals surface area contributed by atoms with Crippen LogP contribution < -0.4 is 24.7 Å². The average Bonchev–Trinajstić information content (AvgIpc) is 3.61. The SMILES string of the molecule is COc1ccc(Cn2nnnc2C[NH+](Cc2ccco2)Cc2cc3cc4c(cc3[nH]c2=O)OCCO4)cc1. The van der Waals surface area contributed by atoms with Crippen molar-refractivity contribution in [2.75, 3.05) is 20.3 Å². The van der Waals surface area contributed by atoms with Crippen LogP contribution in [0.2, 0.25) is 0 Å². The Balaban J connectivity index is 1.27. The molecule has 3 aromatic heterocycles. The maximum atomic E-state index is 13.1. The molecule has 2 N–H and O–H groups in total. The van der Waals surface area contributed by atoms with Crippen LogP contribution in [-0.2, 0) is 26.2 Å². The molecule has 38 heavy (non-hydrogen) atoms. The lowest BCUT2D eigenvalue weighted by Crippen LogP contribution is -3.08. The van der Waals surface area contributed by atoms with Gasteiger partial charge in [0.05, 0.1) is 31.0 Å². The molecule has 0 spiro atoms. The van der Waals surface area contributed by atoms with E-state index < -0.39 is 0 Å². The Bertz CT molecular complexity index is 1590. The number of tetrazole rings is 1. The van der Waals surface area contributed by atoms with Gasteiger partial charge in [-0.3, -0.25) is 4.79 Å². The molecule has 2 aromatic carbocycles. The molecule has 5 aromatic rings. The second-order valence-electron chi connectivity index (χ2n) is 9.17. The van der Waals surface area contributed by atoms with Gasteiger partial charge in [-0.1, -0.05) is 12.1 Å². The number of nitrogens with zero attached hydrogens (tertiary/aromatic N) is 4. The Morgan fingerprint density at radius 3 is 2.61 bits per heavy atom. The number of hydrogen-bond donors (Lipinski definition) is 2. The monoisotopic (exact) mass is 515 g/mol. The van der Waals surface area contributed by atoms with Crippen LogP contribution >= 0.6 is 0 Å². The minimum Gasteiger partial charge on any atom is -0.497 e. The molecule has 6 rings (SSSR count). The average molecular weight is 516 g/mol. The van der Waals surface area contributed by atoms with Crippen LogP contribution in [0, 0.1) is 0 Å². The molecule has 0 saturated heterocycles. The fourth-order valence-electron chi connectivity index (χ4n) is 4.64. The van der Waals surface area contributed by atoms with Gasteiger partial charge in [0.1, 0.15) is 38.6 Å². The van der Waals surface area contributed by atoms with Crippen molar-refractivity contribution in [2.45, 2.75) is 26.2 Å². The standard InChI is InChI=1S/C27H26N6O5/c1-35-21-6-4-18(5-7-21)14-33-26(29-30-31-33)17-32(16-22-3-2-8-36-22)15-20-11-19-12-24-25(38-10-9-37-24)13-23(19)28-27(20)34/h2-8,11-13H,9-10,14-17H2,1H3,(H,28,34)/p+1. The first kappa shape index (κ1) is 23.7. The first-order valence-corrected chi connectivity index (χ1v) is 12.3. The van der Waals surface area contributed by atoms with Crippen molar-refractivity contribution in [3.8, 4) is 17.2 Å². The zero-order valence-electron chi connectivity index (χ0n) is 20.8. The summed E-state index contributed by atoms with van der Waals surface area (Å²) in [6.07, 6.45) is 1.65. The molecule has 4 heterocycles. The first-order chi connectivity index (χ1) is 18.6. The highest BCUT2D eigenvalue weighted by Gasteiger charge is 2.21. The topological polar surface area (TPSA) is 122 Å². The summed E-state index contributed by atoms with van der Waals surface area (Å²) in [5, 5.41) is 13.3. The number of fused-ring (bicyclic) bond motifs is 2. The van der Waals surface area contributed by atoms with Gasteiger partial charge < -0.3 is 28.5 Å². The van der Waals surface area contributed by atoms with Gasteiger partial charge in [-0.15, -0.1) is 5.10 Å². The number of aromatic amines is 1. The molecule has 0 amide bonds. The number of aromatic nitrogens is 5. The Labute approximate surface area is 217 Å². The van der Waals surface area contributed by atoms with Gasteiger partial charge in [0.2, 0.25) is 5.82 Å². The maximum Gasteiger partial charge on any atom is 0.257 e. The second-order valence-corrected chi connectivity index (χ2v) is 9.17. The van der Waals surface area contributed by atoms with Crippen LogP contribution in [0.15, 0.2) is 70.1 Å². The molecule has 11 nitrogen and oxygen atoms in total. The van der Waals surface area contributed by atoms with Crippen LogP contribution in [0.4, 0.5) is 0 Å². The third kappa shape index (κ3) is 5.09. The number of H-pyrrole nitrogens is 1. The number of hydrogen-bond acceptors (Lipinski definition) is 8. The van der Waals surface area contributed by atoms with Crippen molar-refractivity contribution < 1.29 is 23.5 Å². The van der Waals surface area contributed by atoms with E-state index >= 15 is 0 Å². The van der Waals surface area contributed by atoms with E-state index in [2.05, 4.69) is 20.5 Å². The molecule has 1 unspecified atom stereocenters. The Kier molecular flexibility index (Phi) is 6.49. The van der Waals surface area contributed by atoms with Crippen LogP contribution in [0.25, 0.3) is 10.9 Å². The predicted molar refractivity (Wildman–Crippen MR) is 136 cm³/mol. The lowest BCUT2D eigenvalue weighted by molar-refractivity contribution is -0.942. The van der Waals surface area contributed by atoms with Crippen molar-refractivity contribution in [1.29, 1.82) is 0 Å². The molecule has 0 saturated carbocycles. The molecule has 1 aliphatic rings. The van der Waals surface area contributed by atoms with Gasteiger partial charge in [-0.05, 0) is 52.4 Å². The van der Waals surface area contributed by atoms with E-state index in [1.807, 2.05) is 54.6 Å². The summed E-state index contributed by atoms with van der Waals surface area (Å²) in [6, 6.07) is 17.2. The number of pyridine rings is 1. The van der Waals surface area contributed by atoms with E-state index in [9.17, 15) is 4.79 Å². The minimum atomic E-state index is -0.149. The molecule has 1 atom stereocenters. The Hall–Kier alpha value is -4.64. The van der Waals surface area contributed by atoms with E-state index in [1.165, 1.54) is 0 Å². The summed E-state index contributed by atoms with van der Waals surface area (Å²) in [6.45, 7) is 2.99. The minimum absolute atomic E-state index is 0.149. The summed E-state index contributed by atoms with van der Waals surface area (Å²) >= 11 is 0. The molecular weight excluding hydrogens is 488 g/mol. The van der Waals surface area contributed by atoms with Crippen molar-refractivity contribution in [3.05, 3.63) is 93.9 Å². The van der Waals surface area contributed by atoms with Gasteiger partial charge in [0, 0.05) is 11.5 Å². The fourth-order valence-corrected chi connectivity index (χ4v) is 4.64. The Morgan fingerprint density at radius 1 is 1.03 bits per heavy atom. The molecule has 0 aliphatic carbocycles. The molecule has 0 fully saturated rings. The van der Waals surface area contributed by atoms with Gasteiger partial charge in [0.15, 0.2) is 17.3 Å². The molecule has 11 heteroatoms. The van der Waals surface area contributed by atoms with Crippen LogP contribution in [0.1, 0.15) is 22.7 Å². The van der Waals surface area contributed by atoms with Gasteiger partial charge in [-0.25, -0.2) is 4.68 Å². The number of furan rings is 1. The highest BCUT2D eigenvalue weighted by Crippen LogP contribution is 2.33. The summed E-state index contributed by atoms with van der Waals surface area (Å²) in [4.78, 5) is 17.1. The van der Waals surface area contributed by atoms with Crippen molar-refractivity contribution >= 4 is 10.9 Å². The molecular formula is C27H27N6O5+. The fraction of sp³-hybridized carbons (Fsp3) is 0.259. The lowest BCUT2D eigenvalue weighted by Gasteiger charge is -2.20. The number of ether oxygens (including phenoxy) is 3. The molecule has 0 bridgehead atoms. The van der Waals surface area contributed by atoms with Crippen LogP contribution in [0.5, 0.6) is 17.2 Å². The van der Waals surface area contributed by atoms with E-state index in [-0.39, 0.29) is 5.56 Å². The third-order valence-corrected chi connectivity index (χ3v) is 6.53. The molecule has 0 radical (unpaired) electrons. The zero-order valence-corrected chi connectivity index (χ0v) is 20.8. The quantitative estimate of drug-likeness (QED) is 0.304. The van der Waals surface area contributed by atoms with Crippen molar-refractivity contribution in [1.82, 2.24) is 25.2 Å². The van der Waals surface area contributed by atoms with Gasteiger partial charge in [0.25, 0.3) is 5.56 Å². The van der Waals surface area contributed by atoms with Crippen LogP contribution in [0.3, 0.4) is 0 Å². The molecule has 1 aliphatic heterocycles. The van der Waals surface area contributed by atoms with E-state index in [0.717, 1.165) is 27.4 Å². The van der Waals surface area contributed by atoms with Crippen LogP contribution in [-0.4, -0.2) is 45.5 Å². The van der Waals surface area contributed by atoms with Crippen molar-refractivity contribution in [2.24, 2.45) is 0 Å². The summed E-state index contributed by atoms with van der Waals surface area (Å²) in [5.41, 5.74) is 2.25.